The molecule has 88 valence electrons. The van der Waals surface area contributed by atoms with Crippen molar-refractivity contribution in [2.75, 3.05) is 7.11 Å². The summed E-state index contributed by atoms with van der Waals surface area (Å²) in [5.41, 5.74) is 12.0. The maximum atomic E-state index is 10.7. The van der Waals surface area contributed by atoms with Gasteiger partial charge in [0, 0.05) is 16.9 Å². The van der Waals surface area contributed by atoms with E-state index in [0.717, 1.165) is 15.8 Å². The molecule has 0 aromatic heterocycles. The lowest BCUT2D eigenvalue weighted by Crippen LogP contribution is -2.16. The SMILES string of the molecule is COc1ccc(C(N)CCC(N)=O)c(Br)c1. The summed E-state index contributed by atoms with van der Waals surface area (Å²) in [6.45, 7) is 0. The van der Waals surface area contributed by atoms with Gasteiger partial charge in [0.25, 0.3) is 0 Å². The molecule has 5 heteroatoms. The van der Waals surface area contributed by atoms with Gasteiger partial charge in [0.2, 0.25) is 5.91 Å². The molecule has 16 heavy (non-hydrogen) atoms. The number of benzene rings is 1. The van der Waals surface area contributed by atoms with Crippen LogP contribution in [-0.2, 0) is 4.79 Å². The van der Waals surface area contributed by atoms with E-state index in [1.54, 1.807) is 7.11 Å². The monoisotopic (exact) mass is 286 g/mol. The Bertz CT molecular complexity index is 382. The van der Waals surface area contributed by atoms with Gasteiger partial charge in [0.1, 0.15) is 5.75 Å². The molecular formula is C11H15BrN2O2. The van der Waals surface area contributed by atoms with Crippen molar-refractivity contribution in [3.05, 3.63) is 28.2 Å². The Morgan fingerprint density at radius 1 is 1.56 bits per heavy atom. The van der Waals surface area contributed by atoms with Crippen LogP contribution >= 0.6 is 15.9 Å². The van der Waals surface area contributed by atoms with Gasteiger partial charge in [0.15, 0.2) is 0 Å². The third-order valence-electron chi connectivity index (χ3n) is 2.31. The van der Waals surface area contributed by atoms with Crippen molar-refractivity contribution >= 4 is 21.8 Å². The minimum absolute atomic E-state index is 0.201. The summed E-state index contributed by atoms with van der Waals surface area (Å²) in [5, 5.41) is 0. The van der Waals surface area contributed by atoms with Crippen LogP contribution < -0.4 is 16.2 Å². The van der Waals surface area contributed by atoms with Crippen molar-refractivity contribution in [3.8, 4) is 5.75 Å². The van der Waals surface area contributed by atoms with Crippen molar-refractivity contribution in [1.82, 2.24) is 0 Å². The van der Waals surface area contributed by atoms with Crippen molar-refractivity contribution in [2.45, 2.75) is 18.9 Å². The van der Waals surface area contributed by atoms with Crippen molar-refractivity contribution in [2.24, 2.45) is 11.5 Å². The van der Waals surface area contributed by atoms with Crippen LogP contribution in [0.1, 0.15) is 24.4 Å². The molecule has 0 spiro atoms. The van der Waals surface area contributed by atoms with E-state index in [1.807, 2.05) is 18.2 Å². The number of rotatable bonds is 5. The summed E-state index contributed by atoms with van der Waals surface area (Å²) >= 11 is 3.42. The number of hydrogen-bond donors (Lipinski definition) is 2. The number of carbonyl (C=O) groups excluding carboxylic acids is 1. The summed E-state index contributed by atoms with van der Waals surface area (Å²) in [6.07, 6.45) is 0.833. The first-order valence-electron chi connectivity index (χ1n) is 4.92. The first kappa shape index (κ1) is 13.0. The first-order chi connectivity index (χ1) is 7.54. The number of hydrogen-bond acceptors (Lipinski definition) is 3. The molecule has 1 amide bonds. The van der Waals surface area contributed by atoms with Crippen LogP contribution in [0.2, 0.25) is 0 Å². The molecular weight excluding hydrogens is 272 g/mol. The van der Waals surface area contributed by atoms with Crippen LogP contribution in [0.4, 0.5) is 0 Å². The van der Waals surface area contributed by atoms with E-state index in [9.17, 15) is 4.79 Å². The predicted molar refractivity (Wildman–Crippen MR) is 66.1 cm³/mol. The quantitative estimate of drug-likeness (QED) is 0.865. The average molecular weight is 287 g/mol. The minimum atomic E-state index is -0.333. The van der Waals surface area contributed by atoms with Gasteiger partial charge in [0.05, 0.1) is 7.11 Å². The highest BCUT2D eigenvalue weighted by Gasteiger charge is 2.11. The number of halogens is 1. The highest BCUT2D eigenvalue weighted by molar-refractivity contribution is 9.10. The molecule has 0 aliphatic rings. The highest BCUT2D eigenvalue weighted by atomic mass is 79.9. The molecule has 0 fully saturated rings. The first-order valence-corrected chi connectivity index (χ1v) is 5.71. The molecule has 0 aliphatic heterocycles. The van der Waals surface area contributed by atoms with Gasteiger partial charge in [-0.2, -0.15) is 0 Å². The van der Waals surface area contributed by atoms with E-state index in [-0.39, 0.29) is 11.9 Å². The maximum Gasteiger partial charge on any atom is 0.217 e. The Balaban J connectivity index is 2.75. The number of amides is 1. The molecule has 1 atom stereocenters. The number of ether oxygens (including phenoxy) is 1. The van der Waals surface area contributed by atoms with Crippen molar-refractivity contribution in [3.63, 3.8) is 0 Å². The Morgan fingerprint density at radius 3 is 2.75 bits per heavy atom. The fraction of sp³-hybridized carbons (Fsp3) is 0.364. The standard InChI is InChI=1S/C11H15BrN2O2/c1-16-7-2-3-8(9(12)6-7)10(13)4-5-11(14)15/h2-3,6,10H,4-5,13H2,1H3,(H2,14,15). The number of carbonyl (C=O) groups is 1. The lowest BCUT2D eigenvalue weighted by atomic mass is 10.0. The fourth-order valence-corrected chi connectivity index (χ4v) is 2.04. The minimum Gasteiger partial charge on any atom is -0.497 e. The molecule has 1 aromatic carbocycles. The van der Waals surface area contributed by atoms with Crippen LogP contribution in [0.3, 0.4) is 0 Å². The van der Waals surface area contributed by atoms with Crippen LogP contribution in [-0.4, -0.2) is 13.0 Å². The maximum absolute atomic E-state index is 10.7. The Hall–Kier alpha value is -1.07. The van der Waals surface area contributed by atoms with E-state index in [4.69, 9.17) is 16.2 Å². The zero-order valence-corrected chi connectivity index (χ0v) is 10.7. The number of methoxy groups -OCH3 is 1. The predicted octanol–water partition coefficient (Wildman–Crippen LogP) is 1.72. The Morgan fingerprint density at radius 2 is 2.25 bits per heavy atom. The molecule has 1 rings (SSSR count). The van der Waals surface area contributed by atoms with Gasteiger partial charge >= 0.3 is 0 Å². The van der Waals surface area contributed by atoms with E-state index in [2.05, 4.69) is 15.9 Å². The van der Waals surface area contributed by atoms with Crippen molar-refractivity contribution in [1.29, 1.82) is 0 Å². The fourth-order valence-electron chi connectivity index (χ4n) is 1.39. The van der Waals surface area contributed by atoms with E-state index in [0.29, 0.717) is 12.8 Å². The summed E-state index contributed by atoms with van der Waals surface area (Å²) in [6, 6.07) is 5.37. The Labute approximate surface area is 103 Å². The third kappa shape index (κ3) is 3.50. The number of primary amides is 1. The van der Waals surface area contributed by atoms with Crippen LogP contribution in [0.25, 0.3) is 0 Å². The van der Waals surface area contributed by atoms with Gasteiger partial charge in [-0.3, -0.25) is 4.79 Å². The topological polar surface area (TPSA) is 78.3 Å². The smallest absolute Gasteiger partial charge is 0.217 e. The zero-order valence-electron chi connectivity index (χ0n) is 9.07. The van der Waals surface area contributed by atoms with Crippen LogP contribution in [0.5, 0.6) is 5.75 Å². The number of nitrogens with two attached hydrogens (primary N) is 2. The molecule has 4 N–H and O–H groups in total. The van der Waals surface area contributed by atoms with Gasteiger partial charge in [-0.25, -0.2) is 0 Å². The summed E-state index contributed by atoms with van der Waals surface area (Å²) < 4.78 is 5.96. The largest absolute Gasteiger partial charge is 0.497 e. The second-order valence-electron chi connectivity index (χ2n) is 3.50. The molecule has 0 aliphatic carbocycles. The van der Waals surface area contributed by atoms with Gasteiger partial charge in [-0.15, -0.1) is 0 Å². The molecule has 0 bridgehead atoms. The summed E-state index contributed by atoms with van der Waals surface area (Å²) in [4.78, 5) is 10.7. The second-order valence-corrected chi connectivity index (χ2v) is 4.35. The van der Waals surface area contributed by atoms with Crippen LogP contribution in [0.15, 0.2) is 22.7 Å². The van der Waals surface area contributed by atoms with E-state index >= 15 is 0 Å². The molecule has 1 aromatic rings. The lowest BCUT2D eigenvalue weighted by molar-refractivity contribution is -0.118. The molecule has 4 nitrogen and oxygen atoms in total. The summed E-state index contributed by atoms with van der Waals surface area (Å²) in [7, 11) is 1.61. The van der Waals surface area contributed by atoms with E-state index < -0.39 is 0 Å². The molecule has 1 unspecified atom stereocenters. The van der Waals surface area contributed by atoms with Crippen molar-refractivity contribution < 1.29 is 9.53 Å². The summed E-state index contributed by atoms with van der Waals surface area (Å²) in [5.74, 6) is 0.429. The zero-order chi connectivity index (χ0) is 12.1. The third-order valence-corrected chi connectivity index (χ3v) is 3.00. The molecule has 0 radical (unpaired) electrons. The molecule has 0 saturated heterocycles. The van der Waals surface area contributed by atoms with Crippen LogP contribution in [0, 0.1) is 0 Å². The van der Waals surface area contributed by atoms with E-state index in [1.165, 1.54) is 0 Å². The van der Waals surface area contributed by atoms with Gasteiger partial charge < -0.3 is 16.2 Å². The second kappa shape index (κ2) is 5.86. The molecule has 0 heterocycles. The highest BCUT2D eigenvalue weighted by Crippen LogP contribution is 2.28. The van der Waals surface area contributed by atoms with Gasteiger partial charge in [-0.1, -0.05) is 22.0 Å². The average Bonchev–Trinajstić information content (AvgIpc) is 2.25. The normalized spacial score (nSPS) is 12.2. The van der Waals surface area contributed by atoms with Gasteiger partial charge in [-0.05, 0) is 24.1 Å². The lowest BCUT2D eigenvalue weighted by Gasteiger charge is -2.13. The Kier molecular flexibility index (Phi) is 4.76. The molecule has 0 saturated carbocycles.